The lowest BCUT2D eigenvalue weighted by molar-refractivity contribution is -0.122. The Labute approximate surface area is 236 Å². The predicted octanol–water partition coefficient (Wildman–Crippen LogP) is 5.21. The van der Waals surface area contributed by atoms with Gasteiger partial charge in [-0.15, -0.1) is 6.58 Å². The fraction of sp³-hybridized carbons (Fsp3) is 0.138. The highest BCUT2D eigenvalue weighted by molar-refractivity contribution is 7.87. The van der Waals surface area contributed by atoms with Crippen molar-refractivity contribution >= 4 is 51.3 Å². The number of barbiturate groups is 1. The zero-order chi connectivity index (χ0) is 29.0. The van der Waals surface area contributed by atoms with Crippen LogP contribution in [0, 0.1) is 6.92 Å². The number of aryl methyl sites for hydroxylation is 1. The van der Waals surface area contributed by atoms with Crippen LogP contribution in [0.15, 0.2) is 83.8 Å². The number of halogens is 1. The minimum atomic E-state index is -4.22. The van der Waals surface area contributed by atoms with Gasteiger partial charge in [0.25, 0.3) is 11.8 Å². The monoisotopic (exact) mass is 580 g/mol. The summed E-state index contributed by atoms with van der Waals surface area (Å²) < 4.78 is 37.4. The molecule has 0 radical (unpaired) electrons. The first-order valence-electron chi connectivity index (χ1n) is 12.1. The van der Waals surface area contributed by atoms with E-state index in [-0.39, 0.29) is 40.7 Å². The fourth-order valence-electron chi connectivity index (χ4n) is 3.97. The molecule has 1 N–H and O–H groups in total. The topological polar surface area (TPSA) is 119 Å². The molecule has 3 aromatic carbocycles. The molecule has 1 saturated heterocycles. The molecule has 206 valence electrons. The summed E-state index contributed by atoms with van der Waals surface area (Å²) >= 11 is 6.03. The number of nitrogens with one attached hydrogen (secondary N) is 1. The third kappa shape index (κ3) is 6.08. The lowest BCUT2D eigenvalue weighted by atomic mass is 10.0. The number of allylic oxidation sites excluding steroid dienone is 1. The lowest BCUT2D eigenvalue weighted by Crippen LogP contribution is -2.54. The van der Waals surface area contributed by atoms with Gasteiger partial charge >= 0.3 is 16.1 Å². The maximum Gasteiger partial charge on any atom is 0.339 e. The molecule has 0 aromatic heterocycles. The van der Waals surface area contributed by atoms with Gasteiger partial charge in [0.1, 0.15) is 10.5 Å². The van der Waals surface area contributed by atoms with Crippen molar-refractivity contribution in [2.75, 3.05) is 11.5 Å². The lowest BCUT2D eigenvalue weighted by Gasteiger charge is -2.26. The number of carbonyl (C=O) groups is 3. The zero-order valence-corrected chi connectivity index (χ0v) is 23.2. The summed E-state index contributed by atoms with van der Waals surface area (Å²) in [6.07, 6.45) is 3.02. The minimum Gasteiger partial charge on any atom is -0.490 e. The Morgan fingerprint density at radius 1 is 1.05 bits per heavy atom. The molecule has 4 amide bonds. The van der Waals surface area contributed by atoms with Crippen molar-refractivity contribution in [1.29, 1.82) is 0 Å². The van der Waals surface area contributed by atoms with E-state index in [1.165, 1.54) is 36.4 Å². The molecule has 0 saturated carbocycles. The van der Waals surface area contributed by atoms with Gasteiger partial charge in [-0.25, -0.2) is 9.69 Å². The summed E-state index contributed by atoms with van der Waals surface area (Å²) in [6.45, 7) is 7.45. The van der Waals surface area contributed by atoms with Gasteiger partial charge in [-0.1, -0.05) is 41.4 Å². The number of amides is 4. The standard InChI is InChI=1S/C29H25ClN2O7S/c1-4-7-20-14-19(15-24-27(33)31-29(35)32(28(24)34)22-9-6-8-21(30)17-22)16-25(38-5-2)26(20)39-40(36,37)23-12-10-18(3)11-13-23/h4,6,8-17H,1,5,7H2,2-3H3,(H,31,33,35)/b24-15+. The van der Waals surface area contributed by atoms with Crippen LogP contribution in [0.4, 0.5) is 10.5 Å². The molecule has 0 atom stereocenters. The van der Waals surface area contributed by atoms with Crippen LogP contribution in [0.3, 0.4) is 0 Å². The smallest absolute Gasteiger partial charge is 0.339 e. The summed E-state index contributed by atoms with van der Waals surface area (Å²) in [7, 11) is -4.22. The van der Waals surface area contributed by atoms with Crippen molar-refractivity contribution in [3.05, 3.63) is 101 Å². The molecule has 3 aromatic rings. The van der Waals surface area contributed by atoms with Gasteiger partial charge in [0.05, 0.1) is 12.3 Å². The number of carbonyl (C=O) groups excluding carboxylic acids is 3. The molecule has 1 fully saturated rings. The van der Waals surface area contributed by atoms with Crippen LogP contribution < -0.4 is 19.1 Å². The number of benzene rings is 3. The molecule has 4 rings (SSSR count). The predicted molar refractivity (Wildman–Crippen MR) is 151 cm³/mol. The van der Waals surface area contributed by atoms with Crippen LogP contribution in [-0.4, -0.2) is 32.9 Å². The van der Waals surface area contributed by atoms with Gasteiger partial charge in [-0.05, 0) is 74.4 Å². The molecule has 40 heavy (non-hydrogen) atoms. The molecule has 1 aliphatic rings. The summed E-state index contributed by atoms with van der Waals surface area (Å²) in [5.41, 5.74) is 1.46. The normalized spacial score (nSPS) is 14.7. The Morgan fingerprint density at radius 2 is 1.77 bits per heavy atom. The second-order valence-electron chi connectivity index (χ2n) is 8.72. The van der Waals surface area contributed by atoms with E-state index < -0.39 is 28.0 Å². The van der Waals surface area contributed by atoms with E-state index in [2.05, 4.69) is 11.9 Å². The Balaban J connectivity index is 1.78. The van der Waals surface area contributed by atoms with Crippen molar-refractivity contribution < 1.29 is 31.7 Å². The van der Waals surface area contributed by atoms with Crippen LogP contribution in [0.25, 0.3) is 6.08 Å². The van der Waals surface area contributed by atoms with Crippen molar-refractivity contribution in [2.24, 2.45) is 0 Å². The average molecular weight is 581 g/mol. The van der Waals surface area contributed by atoms with Gasteiger partial charge in [0, 0.05) is 10.6 Å². The number of hydrogen-bond acceptors (Lipinski definition) is 7. The Bertz CT molecular complexity index is 1650. The summed E-state index contributed by atoms with van der Waals surface area (Å²) in [4.78, 5) is 39.3. The molecule has 0 aliphatic carbocycles. The number of ether oxygens (including phenoxy) is 1. The molecule has 1 heterocycles. The average Bonchev–Trinajstić information content (AvgIpc) is 2.89. The van der Waals surface area contributed by atoms with Crippen molar-refractivity contribution in [2.45, 2.75) is 25.2 Å². The van der Waals surface area contributed by atoms with E-state index in [4.69, 9.17) is 20.5 Å². The maximum absolute atomic E-state index is 13.3. The number of anilines is 1. The number of urea groups is 1. The first kappa shape index (κ1) is 28.6. The number of rotatable bonds is 9. The first-order valence-corrected chi connectivity index (χ1v) is 13.9. The van der Waals surface area contributed by atoms with Crippen LogP contribution in [-0.2, 0) is 26.1 Å². The van der Waals surface area contributed by atoms with Crippen LogP contribution in [0.1, 0.15) is 23.6 Å². The highest BCUT2D eigenvalue weighted by Crippen LogP contribution is 2.37. The molecule has 0 bridgehead atoms. The van der Waals surface area contributed by atoms with Crippen molar-refractivity contribution in [3.63, 3.8) is 0 Å². The van der Waals surface area contributed by atoms with Gasteiger partial charge in [-0.2, -0.15) is 8.42 Å². The Hall–Kier alpha value is -4.41. The molecule has 1 aliphatic heterocycles. The maximum atomic E-state index is 13.3. The third-order valence-electron chi connectivity index (χ3n) is 5.80. The highest BCUT2D eigenvalue weighted by atomic mass is 35.5. The van der Waals surface area contributed by atoms with E-state index in [0.29, 0.717) is 16.1 Å². The van der Waals surface area contributed by atoms with Crippen LogP contribution in [0.5, 0.6) is 11.5 Å². The van der Waals surface area contributed by atoms with Crippen LogP contribution >= 0.6 is 11.6 Å². The van der Waals surface area contributed by atoms with Crippen molar-refractivity contribution in [3.8, 4) is 11.5 Å². The zero-order valence-electron chi connectivity index (χ0n) is 21.6. The molecular formula is C29H25ClN2O7S. The molecule has 11 heteroatoms. The quantitative estimate of drug-likeness (QED) is 0.160. The van der Waals surface area contributed by atoms with Gasteiger partial charge in [-0.3, -0.25) is 14.9 Å². The minimum absolute atomic E-state index is 0.0356. The summed E-state index contributed by atoms with van der Waals surface area (Å²) in [5, 5.41) is 2.45. The summed E-state index contributed by atoms with van der Waals surface area (Å²) in [5.74, 6) is -1.71. The number of imide groups is 2. The molecule has 0 spiro atoms. The Morgan fingerprint density at radius 3 is 2.42 bits per heavy atom. The highest BCUT2D eigenvalue weighted by Gasteiger charge is 2.37. The number of hydrogen-bond donors (Lipinski definition) is 1. The van der Waals surface area contributed by atoms with E-state index in [1.807, 2.05) is 6.92 Å². The second kappa shape index (κ2) is 11.8. The van der Waals surface area contributed by atoms with Gasteiger partial charge in [0.2, 0.25) is 0 Å². The fourth-order valence-corrected chi connectivity index (χ4v) is 5.13. The van der Waals surface area contributed by atoms with E-state index in [1.54, 1.807) is 43.3 Å². The largest absolute Gasteiger partial charge is 0.490 e. The van der Waals surface area contributed by atoms with E-state index in [0.717, 1.165) is 10.5 Å². The SMILES string of the molecule is C=CCc1cc(/C=C2\C(=O)NC(=O)N(c3cccc(Cl)c3)C2=O)cc(OCC)c1OS(=O)(=O)c1ccc(C)cc1. The molecular weight excluding hydrogens is 556 g/mol. The van der Waals surface area contributed by atoms with E-state index in [9.17, 15) is 22.8 Å². The van der Waals surface area contributed by atoms with Gasteiger partial charge < -0.3 is 8.92 Å². The summed E-state index contributed by atoms with van der Waals surface area (Å²) in [6, 6.07) is 14.4. The van der Waals surface area contributed by atoms with E-state index >= 15 is 0 Å². The van der Waals surface area contributed by atoms with Gasteiger partial charge in [0.15, 0.2) is 11.5 Å². The van der Waals surface area contributed by atoms with Crippen molar-refractivity contribution in [1.82, 2.24) is 5.32 Å². The first-order chi connectivity index (χ1) is 19.0. The van der Waals surface area contributed by atoms with Crippen LogP contribution in [0.2, 0.25) is 5.02 Å². The Kier molecular flexibility index (Phi) is 8.41. The molecule has 0 unspecified atom stereocenters. The number of nitrogens with zero attached hydrogens (tertiary/aromatic N) is 1. The second-order valence-corrected chi connectivity index (χ2v) is 10.7. The third-order valence-corrected chi connectivity index (χ3v) is 7.27. The molecule has 9 nitrogen and oxygen atoms in total.